The molecule has 0 aliphatic carbocycles. The highest BCUT2D eigenvalue weighted by atomic mass is 19.1. The van der Waals surface area contributed by atoms with Gasteiger partial charge in [-0.2, -0.15) is 0 Å². The van der Waals surface area contributed by atoms with Gasteiger partial charge in [0.25, 0.3) is 0 Å². The second kappa shape index (κ2) is 5.92. The molecule has 1 fully saturated rings. The minimum absolute atomic E-state index is 0.173. The van der Waals surface area contributed by atoms with Crippen molar-refractivity contribution in [2.75, 3.05) is 13.1 Å². The van der Waals surface area contributed by atoms with E-state index in [0.717, 1.165) is 18.7 Å². The maximum atomic E-state index is 13.5. The Morgan fingerprint density at radius 3 is 2.55 bits per heavy atom. The molecule has 0 amide bonds. The van der Waals surface area contributed by atoms with Crippen LogP contribution in [0.5, 0.6) is 0 Å². The number of carboxylic acid groups (broad SMARTS) is 1. The molecular weight excluding hydrogens is 257 g/mol. The topological polar surface area (TPSA) is 40.5 Å². The Kier molecular flexibility index (Phi) is 4.43. The molecule has 1 heterocycles. The number of carbonyl (C=O) groups is 1. The zero-order valence-electron chi connectivity index (χ0n) is 12.2. The Balaban J connectivity index is 1.97. The summed E-state index contributed by atoms with van der Waals surface area (Å²) in [5, 5.41) is 9.36. The molecule has 110 valence electrons. The zero-order chi connectivity index (χ0) is 14.8. The van der Waals surface area contributed by atoms with Crippen LogP contribution >= 0.6 is 0 Å². The van der Waals surface area contributed by atoms with Crippen molar-refractivity contribution in [2.45, 2.75) is 39.7 Å². The fourth-order valence-electron chi connectivity index (χ4n) is 2.85. The predicted molar refractivity (Wildman–Crippen MR) is 76.0 cm³/mol. The third-order valence-corrected chi connectivity index (χ3v) is 4.59. The Morgan fingerprint density at radius 1 is 1.40 bits per heavy atom. The van der Waals surface area contributed by atoms with Crippen LogP contribution in [0.2, 0.25) is 0 Å². The first-order chi connectivity index (χ1) is 9.47. The lowest BCUT2D eigenvalue weighted by molar-refractivity contribution is -0.152. The largest absolute Gasteiger partial charge is 0.481 e. The first-order valence-corrected chi connectivity index (χ1v) is 7.17. The monoisotopic (exact) mass is 279 g/mol. The van der Waals surface area contributed by atoms with Crippen LogP contribution < -0.4 is 0 Å². The van der Waals surface area contributed by atoms with Gasteiger partial charge in [0.1, 0.15) is 5.82 Å². The molecule has 0 aromatic heterocycles. The number of rotatable bonds is 4. The molecule has 4 heteroatoms. The van der Waals surface area contributed by atoms with E-state index < -0.39 is 11.4 Å². The molecule has 0 saturated carbocycles. The first kappa shape index (κ1) is 15.0. The number of nitrogens with zero attached hydrogens (tertiary/aromatic N) is 1. The van der Waals surface area contributed by atoms with E-state index in [9.17, 15) is 14.3 Å². The van der Waals surface area contributed by atoms with Crippen molar-refractivity contribution in [3.63, 3.8) is 0 Å². The predicted octanol–water partition coefficient (Wildman–Crippen LogP) is 3.21. The molecule has 3 nitrogen and oxygen atoms in total. The summed E-state index contributed by atoms with van der Waals surface area (Å²) in [4.78, 5) is 13.6. The Morgan fingerprint density at radius 2 is 2.05 bits per heavy atom. The van der Waals surface area contributed by atoms with Crippen molar-refractivity contribution in [3.8, 4) is 0 Å². The van der Waals surface area contributed by atoms with Crippen LogP contribution in [0.25, 0.3) is 0 Å². The van der Waals surface area contributed by atoms with Crippen molar-refractivity contribution in [3.05, 3.63) is 35.1 Å². The number of piperidine rings is 1. The third kappa shape index (κ3) is 3.01. The van der Waals surface area contributed by atoms with Crippen molar-refractivity contribution >= 4 is 5.97 Å². The van der Waals surface area contributed by atoms with E-state index in [1.54, 1.807) is 19.1 Å². The van der Waals surface area contributed by atoms with Gasteiger partial charge >= 0.3 is 5.97 Å². The molecule has 1 aromatic carbocycles. The number of aryl methyl sites for hydroxylation is 1. The standard InChI is InChI=1S/C16H22FNO2/c1-3-16(15(19)20)6-8-18(9-7-16)11-13-5-4-12(2)14(17)10-13/h4-5,10H,3,6-9,11H2,1-2H3,(H,19,20). The van der Waals surface area contributed by atoms with Gasteiger partial charge in [0.15, 0.2) is 0 Å². The molecule has 1 N–H and O–H groups in total. The van der Waals surface area contributed by atoms with Crippen molar-refractivity contribution in [1.29, 1.82) is 0 Å². The number of halogens is 1. The highest BCUT2D eigenvalue weighted by Crippen LogP contribution is 2.35. The number of likely N-dealkylation sites (tertiary alicyclic amines) is 1. The van der Waals surface area contributed by atoms with E-state index in [4.69, 9.17) is 0 Å². The molecule has 0 bridgehead atoms. The van der Waals surface area contributed by atoms with Crippen LogP contribution in [0.15, 0.2) is 18.2 Å². The van der Waals surface area contributed by atoms with Gasteiger partial charge in [-0.1, -0.05) is 19.1 Å². The second-order valence-corrected chi connectivity index (χ2v) is 5.80. The first-order valence-electron chi connectivity index (χ1n) is 7.17. The van der Waals surface area contributed by atoms with Gasteiger partial charge in [-0.15, -0.1) is 0 Å². The fraction of sp³-hybridized carbons (Fsp3) is 0.562. The quantitative estimate of drug-likeness (QED) is 0.920. The van der Waals surface area contributed by atoms with E-state index in [-0.39, 0.29) is 5.82 Å². The van der Waals surface area contributed by atoms with Gasteiger partial charge in [0.05, 0.1) is 5.41 Å². The van der Waals surface area contributed by atoms with E-state index in [2.05, 4.69) is 4.90 Å². The van der Waals surface area contributed by atoms with Gasteiger partial charge in [-0.3, -0.25) is 9.69 Å². The summed E-state index contributed by atoms with van der Waals surface area (Å²) in [6.45, 7) is 5.91. The highest BCUT2D eigenvalue weighted by molar-refractivity contribution is 5.74. The number of benzene rings is 1. The molecule has 1 aliphatic rings. The fourth-order valence-corrected chi connectivity index (χ4v) is 2.85. The third-order valence-electron chi connectivity index (χ3n) is 4.59. The summed E-state index contributed by atoms with van der Waals surface area (Å²) in [6, 6.07) is 5.31. The highest BCUT2D eigenvalue weighted by Gasteiger charge is 2.39. The van der Waals surface area contributed by atoms with Crippen LogP contribution in [0, 0.1) is 18.2 Å². The van der Waals surface area contributed by atoms with Crippen molar-refractivity contribution < 1.29 is 14.3 Å². The summed E-state index contributed by atoms with van der Waals surface area (Å²) in [5.41, 5.74) is 1.05. The van der Waals surface area contributed by atoms with E-state index in [1.807, 2.05) is 13.0 Å². The van der Waals surface area contributed by atoms with Crippen LogP contribution in [-0.4, -0.2) is 29.1 Å². The van der Waals surface area contributed by atoms with E-state index in [1.165, 1.54) is 0 Å². The van der Waals surface area contributed by atoms with Crippen LogP contribution in [0.1, 0.15) is 37.3 Å². The van der Waals surface area contributed by atoms with E-state index in [0.29, 0.717) is 31.4 Å². The van der Waals surface area contributed by atoms with E-state index >= 15 is 0 Å². The average molecular weight is 279 g/mol. The second-order valence-electron chi connectivity index (χ2n) is 5.80. The number of carboxylic acids is 1. The van der Waals surface area contributed by atoms with Crippen molar-refractivity contribution in [2.24, 2.45) is 5.41 Å². The lowest BCUT2D eigenvalue weighted by Gasteiger charge is -2.38. The Labute approximate surface area is 119 Å². The SMILES string of the molecule is CCC1(C(=O)O)CCN(Cc2ccc(C)c(F)c2)CC1. The summed E-state index contributed by atoms with van der Waals surface area (Å²) in [5.74, 6) is -0.853. The maximum absolute atomic E-state index is 13.5. The molecule has 2 rings (SSSR count). The number of hydrogen-bond acceptors (Lipinski definition) is 2. The summed E-state index contributed by atoms with van der Waals surface area (Å²) in [7, 11) is 0. The summed E-state index contributed by atoms with van der Waals surface area (Å²) in [6.07, 6.45) is 2.02. The minimum atomic E-state index is -0.680. The van der Waals surface area contributed by atoms with Crippen LogP contribution in [0.3, 0.4) is 0 Å². The number of hydrogen-bond donors (Lipinski definition) is 1. The van der Waals surface area contributed by atoms with Crippen LogP contribution in [-0.2, 0) is 11.3 Å². The van der Waals surface area contributed by atoms with Gasteiger partial charge in [-0.25, -0.2) is 4.39 Å². The Bertz CT molecular complexity index is 493. The minimum Gasteiger partial charge on any atom is -0.481 e. The molecule has 1 aromatic rings. The lowest BCUT2D eigenvalue weighted by Crippen LogP contribution is -2.43. The smallest absolute Gasteiger partial charge is 0.309 e. The summed E-state index contributed by atoms with van der Waals surface area (Å²) < 4.78 is 13.5. The molecule has 0 spiro atoms. The molecular formula is C16H22FNO2. The zero-order valence-corrected chi connectivity index (χ0v) is 12.2. The Hall–Kier alpha value is -1.42. The van der Waals surface area contributed by atoms with Gasteiger partial charge in [0.2, 0.25) is 0 Å². The normalized spacial score (nSPS) is 18.9. The molecule has 1 aliphatic heterocycles. The molecule has 1 saturated heterocycles. The average Bonchev–Trinajstić information content (AvgIpc) is 2.44. The van der Waals surface area contributed by atoms with Crippen molar-refractivity contribution in [1.82, 2.24) is 4.90 Å². The van der Waals surface area contributed by atoms with Crippen LogP contribution in [0.4, 0.5) is 4.39 Å². The summed E-state index contributed by atoms with van der Waals surface area (Å²) >= 11 is 0. The van der Waals surface area contributed by atoms with Gasteiger partial charge in [0, 0.05) is 6.54 Å². The molecule has 0 radical (unpaired) electrons. The maximum Gasteiger partial charge on any atom is 0.309 e. The number of aliphatic carboxylic acids is 1. The van der Waals surface area contributed by atoms with Gasteiger partial charge in [-0.05, 0) is 56.5 Å². The lowest BCUT2D eigenvalue weighted by atomic mass is 9.76. The molecule has 0 atom stereocenters. The van der Waals surface area contributed by atoms with Gasteiger partial charge < -0.3 is 5.11 Å². The molecule has 20 heavy (non-hydrogen) atoms. The molecule has 0 unspecified atom stereocenters.